The molecule has 0 N–H and O–H groups in total. The van der Waals surface area contributed by atoms with Gasteiger partial charge in [-0.15, -0.1) is 12.6 Å². The molecule has 1 aromatic heterocycles. The molecule has 0 radical (unpaired) electrons. The van der Waals surface area contributed by atoms with Crippen molar-refractivity contribution in [2.24, 2.45) is 0 Å². The number of nitro benzene ring substituents is 1. The molecule has 96 valence electrons. The van der Waals surface area contributed by atoms with Crippen LogP contribution in [0.4, 0.5) is 5.69 Å². The first kappa shape index (κ1) is 13.2. The lowest BCUT2D eigenvalue weighted by atomic mass is 9.99. The molecule has 6 heteroatoms. The summed E-state index contributed by atoms with van der Waals surface area (Å²) in [4.78, 5) is 26.6. The quantitative estimate of drug-likeness (QED) is 0.404. The van der Waals surface area contributed by atoms with Crippen molar-refractivity contribution in [3.63, 3.8) is 0 Å². The van der Waals surface area contributed by atoms with Crippen LogP contribution in [-0.4, -0.2) is 15.7 Å². The fourth-order valence-corrected chi connectivity index (χ4v) is 2.10. The zero-order valence-electron chi connectivity index (χ0n) is 10.0. The number of rotatable bonds is 3. The number of benzene rings is 1. The highest BCUT2D eigenvalue weighted by Gasteiger charge is 2.25. The number of pyridine rings is 1. The van der Waals surface area contributed by atoms with E-state index in [-0.39, 0.29) is 27.5 Å². The minimum Gasteiger partial charge on any atom is -0.294 e. The van der Waals surface area contributed by atoms with E-state index in [1.807, 2.05) is 0 Å². The molecular weight excluding hydrogens is 264 g/mol. The van der Waals surface area contributed by atoms with Crippen LogP contribution in [0.25, 0.3) is 11.3 Å². The molecule has 19 heavy (non-hydrogen) atoms. The molecule has 0 aliphatic heterocycles. The smallest absolute Gasteiger partial charge is 0.292 e. The van der Waals surface area contributed by atoms with E-state index in [9.17, 15) is 14.9 Å². The molecule has 5 nitrogen and oxygen atoms in total. The highest BCUT2D eigenvalue weighted by Crippen LogP contribution is 2.37. The van der Waals surface area contributed by atoms with Gasteiger partial charge in [0, 0.05) is 11.8 Å². The summed E-state index contributed by atoms with van der Waals surface area (Å²) >= 11 is 4.09. The number of hydrogen-bond donors (Lipinski definition) is 1. The summed E-state index contributed by atoms with van der Waals surface area (Å²) in [6, 6.07) is 8.02. The molecule has 0 aliphatic carbocycles. The van der Waals surface area contributed by atoms with Crippen molar-refractivity contribution >= 4 is 24.1 Å². The maximum atomic E-state index is 11.7. The highest BCUT2D eigenvalue weighted by atomic mass is 32.1. The average Bonchev–Trinajstić information content (AvgIpc) is 2.38. The van der Waals surface area contributed by atoms with Crippen molar-refractivity contribution in [2.45, 2.75) is 11.8 Å². The number of aromatic nitrogens is 1. The topological polar surface area (TPSA) is 73.1 Å². The summed E-state index contributed by atoms with van der Waals surface area (Å²) in [5, 5.41) is 11.2. The summed E-state index contributed by atoms with van der Waals surface area (Å²) in [5.41, 5.74) is 0.666. The molecule has 1 heterocycles. The summed E-state index contributed by atoms with van der Waals surface area (Å²) < 4.78 is 0. The van der Waals surface area contributed by atoms with Crippen LogP contribution in [0.15, 0.2) is 41.4 Å². The van der Waals surface area contributed by atoms with Gasteiger partial charge in [0.15, 0.2) is 5.78 Å². The van der Waals surface area contributed by atoms with Crippen molar-refractivity contribution in [1.82, 2.24) is 4.98 Å². The Morgan fingerprint density at radius 1 is 1.32 bits per heavy atom. The predicted octanol–water partition coefficient (Wildman–Crippen LogP) is 3.15. The van der Waals surface area contributed by atoms with Crippen LogP contribution in [0.1, 0.15) is 17.3 Å². The molecule has 0 unspecified atom stereocenters. The monoisotopic (exact) mass is 274 g/mol. The number of thiol groups is 1. The Morgan fingerprint density at radius 3 is 2.58 bits per heavy atom. The van der Waals surface area contributed by atoms with E-state index in [0.29, 0.717) is 5.69 Å². The second-order valence-corrected chi connectivity index (χ2v) is 4.37. The summed E-state index contributed by atoms with van der Waals surface area (Å²) in [7, 11) is 0. The van der Waals surface area contributed by atoms with Crippen molar-refractivity contribution in [2.75, 3.05) is 0 Å². The van der Waals surface area contributed by atoms with Crippen molar-refractivity contribution < 1.29 is 9.72 Å². The molecule has 0 amide bonds. The molecule has 0 bridgehead atoms. The first-order chi connectivity index (χ1) is 9.02. The van der Waals surface area contributed by atoms with E-state index in [1.165, 1.54) is 25.3 Å². The van der Waals surface area contributed by atoms with Crippen LogP contribution >= 0.6 is 12.6 Å². The zero-order chi connectivity index (χ0) is 14.0. The van der Waals surface area contributed by atoms with E-state index in [1.54, 1.807) is 18.2 Å². The number of ketones is 1. The van der Waals surface area contributed by atoms with Gasteiger partial charge in [-0.1, -0.05) is 6.07 Å². The maximum Gasteiger partial charge on any atom is 0.292 e. The largest absolute Gasteiger partial charge is 0.294 e. The molecule has 2 aromatic rings. The maximum absolute atomic E-state index is 11.7. The second kappa shape index (κ2) is 5.19. The van der Waals surface area contributed by atoms with Gasteiger partial charge in [-0.25, -0.2) is 0 Å². The van der Waals surface area contributed by atoms with Crippen LogP contribution < -0.4 is 0 Å². The first-order valence-corrected chi connectivity index (χ1v) is 5.89. The average molecular weight is 274 g/mol. The fraction of sp³-hybridized carbons (Fsp3) is 0.0769. The van der Waals surface area contributed by atoms with Crippen LogP contribution in [0.3, 0.4) is 0 Å². The number of carbonyl (C=O) groups excluding carboxylic acids is 1. The second-order valence-electron chi connectivity index (χ2n) is 3.88. The minimum atomic E-state index is -0.543. The van der Waals surface area contributed by atoms with Gasteiger partial charge in [0.1, 0.15) is 0 Å². The molecular formula is C13H10N2O3S. The third kappa shape index (κ3) is 2.48. The normalized spacial score (nSPS) is 10.2. The van der Waals surface area contributed by atoms with Crippen LogP contribution in [0.2, 0.25) is 0 Å². The third-order valence-electron chi connectivity index (χ3n) is 2.64. The van der Waals surface area contributed by atoms with Gasteiger partial charge in [0.2, 0.25) is 0 Å². The van der Waals surface area contributed by atoms with Gasteiger partial charge in [-0.2, -0.15) is 0 Å². The van der Waals surface area contributed by atoms with Crippen molar-refractivity contribution in [3.05, 3.63) is 52.2 Å². The van der Waals surface area contributed by atoms with E-state index in [2.05, 4.69) is 17.6 Å². The number of Topliss-reactive ketones (excluding diaryl/α,β-unsaturated/α-hetero) is 1. The Bertz CT molecular complexity index is 656. The number of carbonyl (C=O) groups is 1. The van der Waals surface area contributed by atoms with Crippen molar-refractivity contribution in [1.29, 1.82) is 0 Å². The summed E-state index contributed by atoms with van der Waals surface area (Å²) in [5.74, 6) is -0.253. The lowest BCUT2D eigenvalue weighted by Gasteiger charge is -2.08. The Morgan fingerprint density at radius 2 is 2.05 bits per heavy atom. The molecule has 0 spiro atoms. The van der Waals surface area contributed by atoms with E-state index in [4.69, 9.17) is 0 Å². The summed E-state index contributed by atoms with van der Waals surface area (Å²) in [6.07, 6.45) is 1.52. The zero-order valence-corrected chi connectivity index (χ0v) is 10.9. The Hall–Kier alpha value is -2.21. The predicted molar refractivity (Wildman–Crippen MR) is 73.6 cm³/mol. The Labute approximate surface area is 114 Å². The molecule has 1 aromatic carbocycles. The lowest BCUT2D eigenvalue weighted by Crippen LogP contribution is -2.02. The number of nitrogens with zero attached hydrogens (tertiary/aromatic N) is 2. The van der Waals surface area contributed by atoms with E-state index >= 15 is 0 Å². The molecule has 0 atom stereocenters. The van der Waals surface area contributed by atoms with Gasteiger partial charge in [0.05, 0.1) is 21.1 Å². The molecule has 2 rings (SSSR count). The van der Waals surface area contributed by atoms with Gasteiger partial charge >= 0.3 is 0 Å². The fourth-order valence-electron chi connectivity index (χ4n) is 1.83. The van der Waals surface area contributed by atoms with Gasteiger partial charge < -0.3 is 0 Å². The Balaban J connectivity index is 2.85. The van der Waals surface area contributed by atoms with E-state index < -0.39 is 4.92 Å². The molecule has 0 aliphatic rings. The molecule has 0 saturated heterocycles. The number of hydrogen-bond acceptors (Lipinski definition) is 5. The van der Waals surface area contributed by atoms with Crippen molar-refractivity contribution in [3.8, 4) is 11.3 Å². The van der Waals surface area contributed by atoms with E-state index in [0.717, 1.165) is 0 Å². The Kier molecular flexibility index (Phi) is 3.62. The first-order valence-electron chi connectivity index (χ1n) is 5.45. The van der Waals surface area contributed by atoms with Gasteiger partial charge in [0.25, 0.3) is 5.69 Å². The van der Waals surface area contributed by atoms with Gasteiger partial charge in [-0.3, -0.25) is 19.9 Å². The van der Waals surface area contributed by atoms with Crippen LogP contribution in [-0.2, 0) is 0 Å². The molecule has 0 fully saturated rings. The minimum absolute atomic E-state index is 0.199. The third-order valence-corrected chi connectivity index (χ3v) is 3.00. The summed E-state index contributed by atoms with van der Waals surface area (Å²) in [6.45, 7) is 1.36. The highest BCUT2D eigenvalue weighted by molar-refractivity contribution is 7.80. The van der Waals surface area contributed by atoms with Gasteiger partial charge in [-0.05, 0) is 31.2 Å². The SMILES string of the molecule is CC(=O)c1ccc(S)c([N+](=O)[O-])c1-c1ccccn1. The van der Waals surface area contributed by atoms with Crippen LogP contribution in [0.5, 0.6) is 0 Å². The van der Waals surface area contributed by atoms with Crippen LogP contribution in [0, 0.1) is 10.1 Å². The lowest BCUT2D eigenvalue weighted by molar-refractivity contribution is -0.387. The number of nitro groups is 1. The standard InChI is InChI=1S/C13H10N2O3S/c1-8(16)9-5-6-11(19)13(15(17)18)12(9)10-4-2-3-7-14-10/h2-7,19H,1H3. The molecule has 0 saturated carbocycles.